The second-order valence-electron chi connectivity index (χ2n) is 5.58. The summed E-state index contributed by atoms with van der Waals surface area (Å²) >= 11 is 0. The van der Waals surface area contributed by atoms with Crippen LogP contribution in [-0.4, -0.2) is 48.3 Å². The maximum Gasteiger partial charge on any atom is 0.0583 e. The summed E-state index contributed by atoms with van der Waals surface area (Å²) in [7, 11) is 0. The van der Waals surface area contributed by atoms with Crippen molar-refractivity contribution in [3.8, 4) is 0 Å². The molecular formula is C12H22N2O. The van der Waals surface area contributed by atoms with Crippen molar-refractivity contribution in [2.24, 2.45) is 11.8 Å². The highest BCUT2D eigenvalue weighted by molar-refractivity contribution is 4.94. The van der Waals surface area contributed by atoms with Crippen LogP contribution < -0.4 is 5.32 Å². The molecule has 4 unspecified atom stereocenters. The molecule has 1 saturated carbocycles. The molecule has 1 aliphatic carbocycles. The molecule has 3 heteroatoms. The van der Waals surface area contributed by atoms with Crippen molar-refractivity contribution in [3.63, 3.8) is 0 Å². The smallest absolute Gasteiger partial charge is 0.0583 e. The third-order valence-electron chi connectivity index (χ3n) is 4.54. The largest absolute Gasteiger partial charge is 0.393 e. The standard InChI is InChI=1S/C12H22N2O/c15-12-4-3-9-6-14(8-11(9)12)7-10-2-1-5-13-10/h9-13,15H,1-8H2. The maximum atomic E-state index is 9.84. The second kappa shape index (κ2) is 4.04. The van der Waals surface area contributed by atoms with Crippen molar-refractivity contribution >= 4 is 0 Å². The summed E-state index contributed by atoms with van der Waals surface area (Å²) in [5.74, 6) is 1.38. The Morgan fingerprint density at radius 1 is 1.20 bits per heavy atom. The van der Waals surface area contributed by atoms with E-state index in [1.54, 1.807) is 0 Å². The van der Waals surface area contributed by atoms with Gasteiger partial charge in [-0.3, -0.25) is 0 Å². The highest BCUT2D eigenvalue weighted by Gasteiger charge is 2.42. The number of aliphatic hydroxyl groups is 1. The van der Waals surface area contributed by atoms with Crippen LogP contribution in [0, 0.1) is 11.8 Å². The van der Waals surface area contributed by atoms with Gasteiger partial charge in [-0.25, -0.2) is 0 Å². The Morgan fingerprint density at radius 2 is 2.13 bits per heavy atom. The summed E-state index contributed by atoms with van der Waals surface area (Å²) in [5.41, 5.74) is 0. The summed E-state index contributed by atoms with van der Waals surface area (Å²) in [6.07, 6.45) is 4.98. The fourth-order valence-corrected chi connectivity index (χ4v) is 3.70. The van der Waals surface area contributed by atoms with Crippen LogP contribution in [0.2, 0.25) is 0 Å². The quantitative estimate of drug-likeness (QED) is 0.694. The monoisotopic (exact) mass is 210 g/mol. The molecule has 2 heterocycles. The lowest BCUT2D eigenvalue weighted by Crippen LogP contribution is -2.37. The van der Waals surface area contributed by atoms with Crippen LogP contribution in [0.5, 0.6) is 0 Å². The van der Waals surface area contributed by atoms with E-state index < -0.39 is 0 Å². The molecule has 86 valence electrons. The van der Waals surface area contributed by atoms with Crippen LogP contribution >= 0.6 is 0 Å². The van der Waals surface area contributed by atoms with E-state index in [4.69, 9.17) is 0 Å². The molecule has 0 bridgehead atoms. The molecule has 0 aromatic heterocycles. The molecule has 2 saturated heterocycles. The van der Waals surface area contributed by atoms with E-state index >= 15 is 0 Å². The van der Waals surface area contributed by atoms with Crippen LogP contribution in [-0.2, 0) is 0 Å². The lowest BCUT2D eigenvalue weighted by molar-refractivity contribution is 0.123. The number of hydrogen-bond acceptors (Lipinski definition) is 3. The van der Waals surface area contributed by atoms with Gasteiger partial charge in [0.1, 0.15) is 0 Å². The summed E-state index contributed by atoms with van der Waals surface area (Å²) in [6, 6.07) is 0.723. The molecule has 3 fully saturated rings. The van der Waals surface area contributed by atoms with Gasteiger partial charge in [0.15, 0.2) is 0 Å². The average molecular weight is 210 g/mol. The van der Waals surface area contributed by atoms with Gasteiger partial charge >= 0.3 is 0 Å². The van der Waals surface area contributed by atoms with Gasteiger partial charge in [-0.1, -0.05) is 0 Å². The van der Waals surface area contributed by atoms with Crippen LogP contribution in [0.25, 0.3) is 0 Å². The lowest BCUT2D eigenvalue weighted by atomic mass is 10.00. The summed E-state index contributed by atoms with van der Waals surface area (Å²) in [5, 5.41) is 13.4. The highest BCUT2D eigenvalue weighted by atomic mass is 16.3. The van der Waals surface area contributed by atoms with Crippen molar-refractivity contribution in [2.45, 2.75) is 37.8 Å². The predicted molar refractivity (Wildman–Crippen MR) is 59.7 cm³/mol. The molecule has 0 radical (unpaired) electrons. The second-order valence-corrected chi connectivity index (χ2v) is 5.58. The molecule has 3 nitrogen and oxygen atoms in total. The van der Waals surface area contributed by atoms with Gasteiger partial charge in [-0.2, -0.15) is 0 Å². The molecule has 0 spiro atoms. The van der Waals surface area contributed by atoms with Gasteiger partial charge in [0.25, 0.3) is 0 Å². The molecule has 2 N–H and O–H groups in total. The van der Waals surface area contributed by atoms with Crippen LogP contribution in [0.15, 0.2) is 0 Å². The number of aliphatic hydroxyl groups excluding tert-OH is 1. The average Bonchev–Trinajstić information content (AvgIpc) is 2.88. The minimum absolute atomic E-state index is 0.00321. The number of nitrogens with one attached hydrogen (secondary N) is 1. The van der Waals surface area contributed by atoms with Gasteiger partial charge in [0.05, 0.1) is 6.10 Å². The first kappa shape index (κ1) is 10.1. The molecule has 15 heavy (non-hydrogen) atoms. The van der Waals surface area contributed by atoms with Crippen molar-refractivity contribution in [1.82, 2.24) is 10.2 Å². The Bertz CT molecular complexity index is 226. The van der Waals surface area contributed by atoms with E-state index in [0.29, 0.717) is 5.92 Å². The Balaban J connectivity index is 1.53. The molecule has 0 amide bonds. The first-order valence-corrected chi connectivity index (χ1v) is 6.47. The zero-order valence-electron chi connectivity index (χ0n) is 9.36. The first-order valence-electron chi connectivity index (χ1n) is 6.47. The molecule has 2 aliphatic heterocycles. The minimum Gasteiger partial charge on any atom is -0.393 e. The summed E-state index contributed by atoms with van der Waals surface area (Å²) in [4.78, 5) is 2.57. The Kier molecular flexibility index (Phi) is 2.71. The van der Waals surface area contributed by atoms with E-state index in [2.05, 4.69) is 10.2 Å². The summed E-state index contributed by atoms with van der Waals surface area (Å²) < 4.78 is 0. The SMILES string of the molecule is OC1CCC2CN(CC3CCCN3)CC12. The molecule has 0 aromatic carbocycles. The molecule has 3 rings (SSSR count). The van der Waals surface area contributed by atoms with E-state index in [0.717, 1.165) is 24.9 Å². The van der Waals surface area contributed by atoms with Crippen molar-refractivity contribution in [2.75, 3.05) is 26.2 Å². The van der Waals surface area contributed by atoms with E-state index in [1.165, 1.54) is 38.9 Å². The van der Waals surface area contributed by atoms with E-state index in [1.807, 2.05) is 0 Å². The van der Waals surface area contributed by atoms with E-state index in [-0.39, 0.29) is 6.10 Å². The lowest BCUT2D eigenvalue weighted by Gasteiger charge is -2.21. The van der Waals surface area contributed by atoms with Crippen molar-refractivity contribution < 1.29 is 5.11 Å². The number of fused-ring (bicyclic) bond motifs is 1. The fourth-order valence-electron chi connectivity index (χ4n) is 3.70. The van der Waals surface area contributed by atoms with Crippen LogP contribution in [0.3, 0.4) is 0 Å². The molecule has 3 aliphatic rings. The Hall–Kier alpha value is -0.120. The fraction of sp³-hybridized carbons (Fsp3) is 1.00. The zero-order valence-corrected chi connectivity index (χ0v) is 9.36. The third kappa shape index (κ3) is 1.93. The predicted octanol–water partition coefficient (Wildman–Crippen LogP) is 0.441. The third-order valence-corrected chi connectivity index (χ3v) is 4.54. The van der Waals surface area contributed by atoms with Crippen LogP contribution in [0.4, 0.5) is 0 Å². The van der Waals surface area contributed by atoms with Gasteiger partial charge in [-0.15, -0.1) is 0 Å². The van der Waals surface area contributed by atoms with E-state index in [9.17, 15) is 5.11 Å². The van der Waals surface area contributed by atoms with Gasteiger partial charge in [0, 0.05) is 31.6 Å². The number of nitrogens with zero attached hydrogens (tertiary/aromatic N) is 1. The minimum atomic E-state index is -0.00321. The van der Waals surface area contributed by atoms with Gasteiger partial charge in [0.2, 0.25) is 0 Å². The zero-order chi connectivity index (χ0) is 10.3. The molecule has 4 atom stereocenters. The summed E-state index contributed by atoms with van der Waals surface area (Å²) in [6.45, 7) is 4.79. The maximum absolute atomic E-state index is 9.84. The Morgan fingerprint density at radius 3 is 2.87 bits per heavy atom. The van der Waals surface area contributed by atoms with Gasteiger partial charge < -0.3 is 15.3 Å². The van der Waals surface area contributed by atoms with Crippen molar-refractivity contribution in [1.29, 1.82) is 0 Å². The highest BCUT2D eigenvalue weighted by Crippen LogP contribution is 2.38. The number of hydrogen-bond donors (Lipinski definition) is 2. The molecular weight excluding hydrogens is 188 g/mol. The van der Waals surface area contributed by atoms with Crippen molar-refractivity contribution in [3.05, 3.63) is 0 Å². The van der Waals surface area contributed by atoms with Crippen LogP contribution in [0.1, 0.15) is 25.7 Å². The first-order chi connectivity index (χ1) is 7.33. The molecule has 0 aromatic rings. The van der Waals surface area contributed by atoms with Gasteiger partial charge in [-0.05, 0) is 38.1 Å². The number of likely N-dealkylation sites (tertiary alicyclic amines) is 1. The Labute approximate surface area is 91.8 Å². The normalized spacial score (nSPS) is 46.2. The number of rotatable bonds is 2. The topological polar surface area (TPSA) is 35.5 Å².